The lowest BCUT2D eigenvalue weighted by Crippen LogP contribution is -2.21. The highest BCUT2D eigenvalue weighted by Gasteiger charge is 2.08. The molecule has 0 fully saturated rings. The van der Waals surface area contributed by atoms with Gasteiger partial charge in [-0.25, -0.2) is 8.42 Å². The molecule has 0 aromatic heterocycles. The highest BCUT2D eigenvalue weighted by Crippen LogP contribution is 2.08. The van der Waals surface area contributed by atoms with Gasteiger partial charge in [-0.3, -0.25) is 4.72 Å². The van der Waals surface area contributed by atoms with Crippen molar-refractivity contribution in [3.05, 3.63) is 30.3 Å². The maximum Gasteiger partial charge on any atom is 0.232 e. The lowest BCUT2D eigenvalue weighted by Gasteiger charge is -2.07. The molecule has 16 heavy (non-hydrogen) atoms. The number of anilines is 1. The Kier molecular flexibility index (Phi) is 5.28. The third-order valence-electron chi connectivity index (χ3n) is 2.06. The van der Waals surface area contributed by atoms with Crippen LogP contribution in [0.3, 0.4) is 0 Å². The Morgan fingerprint density at radius 1 is 1.19 bits per heavy atom. The molecule has 0 unspecified atom stereocenters. The van der Waals surface area contributed by atoms with E-state index in [9.17, 15) is 8.42 Å². The summed E-state index contributed by atoms with van der Waals surface area (Å²) in [5, 5.41) is 3.09. The smallest absolute Gasteiger partial charge is 0.232 e. The average Bonchev–Trinajstić information content (AvgIpc) is 2.25. The molecule has 0 heterocycles. The summed E-state index contributed by atoms with van der Waals surface area (Å²) in [7, 11) is -3.21. The molecular formula is C11H18N2O2S. The molecule has 0 bridgehead atoms. The SMILES string of the molecule is CCNCCCS(=O)(=O)Nc1ccccc1. The molecule has 0 aliphatic heterocycles. The zero-order valence-electron chi connectivity index (χ0n) is 9.44. The first-order valence-electron chi connectivity index (χ1n) is 5.40. The summed E-state index contributed by atoms with van der Waals surface area (Å²) in [5.41, 5.74) is 0.617. The van der Waals surface area contributed by atoms with E-state index in [0.717, 1.165) is 13.1 Å². The number of nitrogens with one attached hydrogen (secondary N) is 2. The summed E-state index contributed by atoms with van der Waals surface area (Å²) < 4.78 is 25.8. The molecule has 90 valence electrons. The molecule has 0 aliphatic carbocycles. The first-order chi connectivity index (χ1) is 7.64. The molecule has 1 aromatic carbocycles. The minimum absolute atomic E-state index is 0.148. The summed E-state index contributed by atoms with van der Waals surface area (Å²) in [6.07, 6.45) is 0.621. The van der Waals surface area contributed by atoms with Gasteiger partial charge in [-0.1, -0.05) is 25.1 Å². The number of hydrogen-bond acceptors (Lipinski definition) is 3. The molecule has 1 rings (SSSR count). The fraction of sp³-hybridized carbons (Fsp3) is 0.455. The Hall–Kier alpha value is -1.07. The fourth-order valence-electron chi connectivity index (χ4n) is 1.30. The first kappa shape index (κ1) is 13.0. The van der Waals surface area contributed by atoms with Crippen LogP contribution in [0, 0.1) is 0 Å². The minimum atomic E-state index is -3.21. The van der Waals surface area contributed by atoms with E-state index in [1.165, 1.54) is 0 Å². The highest BCUT2D eigenvalue weighted by atomic mass is 32.2. The van der Waals surface area contributed by atoms with Gasteiger partial charge in [0.05, 0.1) is 5.75 Å². The lowest BCUT2D eigenvalue weighted by atomic mass is 10.3. The predicted molar refractivity (Wildman–Crippen MR) is 67.0 cm³/mol. The van der Waals surface area contributed by atoms with Gasteiger partial charge in [-0.15, -0.1) is 0 Å². The predicted octanol–water partition coefficient (Wildman–Crippen LogP) is 1.43. The Labute approximate surface area is 97.1 Å². The maximum absolute atomic E-state index is 11.6. The van der Waals surface area contributed by atoms with E-state index in [4.69, 9.17) is 0 Å². The van der Waals surface area contributed by atoms with E-state index in [2.05, 4.69) is 10.0 Å². The molecule has 4 nitrogen and oxygen atoms in total. The third-order valence-corrected chi connectivity index (χ3v) is 3.44. The quantitative estimate of drug-likeness (QED) is 0.711. The van der Waals surface area contributed by atoms with Crippen LogP contribution < -0.4 is 10.0 Å². The molecule has 0 saturated carbocycles. The van der Waals surface area contributed by atoms with Gasteiger partial charge in [0.25, 0.3) is 0 Å². The van der Waals surface area contributed by atoms with Gasteiger partial charge in [-0.2, -0.15) is 0 Å². The molecular weight excluding hydrogens is 224 g/mol. The molecule has 0 radical (unpaired) electrons. The second-order valence-electron chi connectivity index (χ2n) is 3.49. The number of para-hydroxylation sites is 1. The molecule has 0 saturated heterocycles. The topological polar surface area (TPSA) is 58.2 Å². The molecule has 2 N–H and O–H groups in total. The molecule has 0 atom stereocenters. The zero-order valence-corrected chi connectivity index (χ0v) is 10.3. The van der Waals surface area contributed by atoms with E-state index in [-0.39, 0.29) is 5.75 Å². The number of rotatable bonds is 7. The molecule has 0 amide bonds. The third kappa shape index (κ3) is 5.14. The summed E-state index contributed by atoms with van der Waals surface area (Å²) in [6.45, 7) is 3.59. The van der Waals surface area contributed by atoms with Gasteiger partial charge in [0, 0.05) is 5.69 Å². The fourth-order valence-corrected chi connectivity index (χ4v) is 2.42. The normalized spacial score (nSPS) is 11.3. The van der Waals surface area contributed by atoms with Crippen molar-refractivity contribution in [2.75, 3.05) is 23.6 Å². The average molecular weight is 242 g/mol. The molecule has 0 aliphatic rings. The van der Waals surface area contributed by atoms with Gasteiger partial charge >= 0.3 is 0 Å². The van der Waals surface area contributed by atoms with Gasteiger partial charge in [0.2, 0.25) is 10.0 Å². The monoisotopic (exact) mass is 242 g/mol. The zero-order chi connectivity index (χ0) is 11.9. The van der Waals surface area contributed by atoms with Gasteiger partial charge < -0.3 is 5.32 Å². The largest absolute Gasteiger partial charge is 0.317 e. The van der Waals surface area contributed by atoms with Crippen molar-refractivity contribution in [1.29, 1.82) is 0 Å². The molecule has 5 heteroatoms. The van der Waals surface area contributed by atoms with Crippen molar-refractivity contribution in [2.24, 2.45) is 0 Å². The van der Waals surface area contributed by atoms with E-state index in [0.29, 0.717) is 12.1 Å². The standard InChI is InChI=1S/C11H18N2O2S/c1-2-12-9-6-10-16(14,15)13-11-7-4-3-5-8-11/h3-5,7-8,12-13H,2,6,9-10H2,1H3. The summed E-state index contributed by atoms with van der Waals surface area (Å²) >= 11 is 0. The Morgan fingerprint density at radius 2 is 1.88 bits per heavy atom. The summed E-state index contributed by atoms with van der Waals surface area (Å²) in [5.74, 6) is 0.148. The van der Waals surface area contributed by atoms with Gasteiger partial charge in [0.1, 0.15) is 0 Å². The van der Waals surface area contributed by atoms with Crippen molar-refractivity contribution in [2.45, 2.75) is 13.3 Å². The van der Waals surface area contributed by atoms with Crippen LogP contribution in [0.5, 0.6) is 0 Å². The van der Waals surface area contributed by atoms with E-state index >= 15 is 0 Å². The molecule has 1 aromatic rings. The van der Waals surface area contributed by atoms with Crippen LogP contribution in [0.1, 0.15) is 13.3 Å². The molecule has 0 spiro atoms. The van der Waals surface area contributed by atoms with Gasteiger partial charge in [0.15, 0.2) is 0 Å². The maximum atomic E-state index is 11.6. The minimum Gasteiger partial charge on any atom is -0.317 e. The van der Waals surface area contributed by atoms with Crippen LogP contribution in [0.4, 0.5) is 5.69 Å². The number of sulfonamides is 1. The van der Waals surface area contributed by atoms with Crippen molar-refractivity contribution >= 4 is 15.7 Å². The van der Waals surface area contributed by atoms with Crippen LogP contribution in [0.25, 0.3) is 0 Å². The lowest BCUT2D eigenvalue weighted by molar-refractivity contribution is 0.595. The number of hydrogen-bond donors (Lipinski definition) is 2. The van der Waals surface area contributed by atoms with Crippen LogP contribution >= 0.6 is 0 Å². The Bertz CT molecular complexity index is 390. The van der Waals surface area contributed by atoms with Crippen molar-refractivity contribution in [3.8, 4) is 0 Å². The van der Waals surface area contributed by atoms with Crippen LogP contribution in [0.2, 0.25) is 0 Å². The summed E-state index contributed by atoms with van der Waals surface area (Å²) in [6, 6.07) is 8.93. The summed E-state index contributed by atoms with van der Waals surface area (Å²) in [4.78, 5) is 0. The second kappa shape index (κ2) is 6.50. The Balaban J connectivity index is 2.40. The van der Waals surface area contributed by atoms with Crippen LogP contribution in [-0.4, -0.2) is 27.3 Å². The van der Waals surface area contributed by atoms with E-state index < -0.39 is 10.0 Å². The Morgan fingerprint density at radius 3 is 2.50 bits per heavy atom. The van der Waals surface area contributed by atoms with Crippen molar-refractivity contribution < 1.29 is 8.42 Å². The number of benzene rings is 1. The van der Waals surface area contributed by atoms with Crippen LogP contribution in [-0.2, 0) is 10.0 Å². The highest BCUT2D eigenvalue weighted by molar-refractivity contribution is 7.92. The first-order valence-corrected chi connectivity index (χ1v) is 7.05. The van der Waals surface area contributed by atoms with E-state index in [1.54, 1.807) is 24.3 Å². The van der Waals surface area contributed by atoms with Crippen molar-refractivity contribution in [3.63, 3.8) is 0 Å². The second-order valence-corrected chi connectivity index (χ2v) is 5.34. The van der Waals surface area contributed by atoms with Crippen molar-refractivity contribution in [1.82, 2.24) is 5.32 Å². The van der Waals surface area contributed by atoms with Gasteiger partial charge in [-0.05, 0) is 31.6 Å². The van der Waals surface area contributed by atoms with Crippen LogP contribution in [0.15, 0.2) is 30.3 Å². The van der Waals surface area contributed by atoms with E-state index in [1.807, 2.05) is 13.0 Å².